The second kappa shape index (κ2) is 3.46. The van der Waals surface area contributed by atoms with Crippen LogP contribution in [0.3, 0.4) is 0 Å². The molecule has 1 aromatic rings. The Balaban J connectivity index is 3.13. The minimum absolute atomic E-state index is 0.0532. The van der Waals surface area contributed by atoms with Crippen LogP contribution in [0.4, 0.5) is 4.39 Å². The van der Waals surface area contributed by atoms with E-state index < -0.39 is 17.1 Å². The van der Waals surface area contributed by atoms with Crippen molar-refractivity contribution in [3.8, 4) is 11.5 Å². The Bertz CT molecular complexity index is 345. The van der Waals surface area contributed by atoms with Crippen LogP contribution in [0.1, 0.15) is 19.4 Å². The predicted molar refractivity (Wildman–Crippen MR) is 51.7 cm³/mol. The van der Waals surface area contributed by atoms with Crippen LogP contribution in [0, 0.1) is 5.82 Å². The first-order chi connectivity index (χ1) is 6.31. The number of phenolic OH excluding ortho intramolecular Hbond substituents is 2. The van der Waals surface area contributed by atoms with Crippen molar-refractivity contribution < 1.29 is 14.6 Å². The molecule has 0 atom stereocenters. The van der Waals surface area contributed by atoms with Gasteiger partial charge in [0.05, 0.1) is 0 Å². The monoisotopic (exact) mass is 199 g/mol. The molecule has 1 rings (SSSR count). The molecule has 78 valence electrons. The number of aromatic hydroxyl groups is 2. The van der Waals surface area contributed by atoms with Crippen LogP contribution in [0.25, 0.3) is 0 Å². The lowest BCUT2D eigenvalue weighted by molar-refractivity contribution is 0.401. The number of rotatable bonds is 2. The Morgan fingerprint density at radius 1 is 1.29 bits per heavy atom. The van der Waals surface area contributed by atoms with E-state index >= 15 is 0 Å². The summed E-state index contributed by atoms with van der Waals surface area (Å²) >= 11 is 0. The molecule has 0 saturated carbocycles. The lowest BCUT2D eigenvalue weighted by atomic mass is 9.95. The van der Waals surface area contributed by atoms with Gasteiger partial charge in [0.15, 0.2) is 11.6 Å². The van der Waals surface area contributed by atoms with E-state index in [0.29, 0.717) is 0 Å². The number of halogens is 1. The minimum atomic E-state index is -0.802. The van der Waals surface area contributed by atoms with Gasteiger partial charge in [0.1, 0.15) is 5.75 Å². The Morgan fingerprint density at radius 2 is 1.79 bits per heavy atom. The molecule has 4 N–H and O–H groups in total. The predicted octanol–water partition coefficient (Wildman–Crippen LogP) is 1.52. The Kier molecular flexibility index (Phi) is 2.66. The molecule has 0 unspecified atom stereocenters. The number of hydrogen-bond acceptors (Lipinski definition) is 3. The highest BCUT2D eigenvalue weighted by Crippen LogP contribution is 2.29. The third kappa shape index (κ3) is 2.35. The quantitative estimate of drug-likeness (QED) is 0.632. The van der Waals surface area contributed by atoms with Crippen molar-refractivity contribution in [1.29, 1.82) is 0 Å². The molecule has 0 heterocycles. The highest BCUT2D eigenvalue weighted by Gasteiger charge is 2.19. The van der Waals surface area contributed by atoms with Gasteiger partial charge < -0.3 is 15.9 Å². The largest absolute Gasteiger partial charge is 0.508 e. The van der Waals surface area contributed by atoms with E-state index in [0.717, 1.165) is 6.07 Å². The van der Waals surface area contributed by atoms with Crippen molar-refractivity contribution in [2.75, 3.05) is 0 Å². The average Bonchev–Trinajstić information content (AvgIpc) is 2.04. The van der Waals surface area contributed by atoms with E-state index in [4.69, 9.17) is 10.8 Å². The molecular formula is C10H14FNO2. The molecule has 0 saturated heterocycles. The maximum absolute atomic E-state index is 13.3. The summed E-state index contributed by atoms with van der Waals surface area (Å²) in [6.07, 6.45) is 0.166. The fraction of sp³-hybridized carbons (Fsp3) is 0.400. The van der Waals surface area contributed by atoms with Crippen molar-refractivity contribution >= 4 is 0 Å². The smallest absolute Gasteiger partial charge is 0.171 e. The summed E-state index contributed by atoms with van der Waals surface area (Å²) < 4.78 is 13.3. The van der Waals surface area contributed by atoms with Gasteiger partial charge in [0.2, 0.25) is 0 Å². The summed E-state index contributed by atoms with van der Waals surface area (Å²) in [5.74, 6) is -1.45. The van der Waals surface area contributed by atoms with Gasteiger partial charge in [-0.1, -0.05) is 0 Å². The molecular weight excluding hydrogens is 185 g/mol. The molecule has 0 aliphatic heterocycles. The first-order valence-corrected chi connectivity index (χ1v) is 4.29. The summed E-state index contributed by atoms with van der Waals surface area (Å²) in [6.45, 7) is 3.44. The van der Waals surface area contributed by atoms with Gasteiger partial charge in [0.25, 0.3) is 0 Å². The summed E-state index contributed by atoms with van der Waals surface area (Å²) in [5, 5.41) is 18.5. The number of benzene rings is 1. The van der Waals surface area contributed by atoms with E-state index in [9.17, 15) is 9.50 Å². The number of phenols is 2. The second-order valence-corrected chi connectivity index (χ2v) is 4.06. The van der Waals surface area contributed by atoms with Gasteiger partial charge in [-0.25, -0.2) is 4.39 Å². The number of hydrogen-bond donors (Lipinski definition) is 3. The molecule has 0 bridgehead atoms. The van der Waals surface area contributed by atoms with Crippen molar-refractivity contribution in [1.82, 2.24) is 0 Å². The zero-order valence-electron chi connectivity index (χ0n) is 8.21. The van der Waals surface area contributed by atoms with E-state index in [2.05, 4.69) is 0 Å². The van der Waals surface area contributed by atoms with Crippen LogP contribution in [0.15, 0.2) is 12.1 Å². The lowest BCUT2D eigenvalue weighted by Crippen LogP contribution is -2.34. The van der Waals surface area contributed by atoms with Gasteiger partial charge in [-0.2, -0.15) is 0 Å². The van der Waals surface area contributed by atoms with E-state index in [-0.39, 0.29) is 17.7 Å². The van der Waals surface area contributed by atoms with Crippen LogP contribution in [-0.4, -0.2) is 15.8 Å². The highest BCUT2D eigenvalue weighted by atomic mass is 19.1. The number of nitrogens with two attached hydrogens (primary N) is 1. The third-order valence-corrected chi connectivity index (χ3v) is 1.83. The molecule has 0 aliphatic rings. The van der Waals surface area contributed by atoms with Crippen LogP contribution in [-0.2, 0) is 6.42 Å². The van der Waals surface area contributed by atoms with Crippen molar-refractivity contribution in [3.05, 3.63) is 23.5 Å². The summed E-state index contributed by atoms with van der Waals surface area (Å²) in [6, 6.07) is 2.36. The zero-order valence-corrected chi connectivity index (χ0v) is 8.21. The van der Waals surface area contributed by atoms with Crippen LogP contribution >= 0.6 is 0 Å². The molecule has 1 aromatic carbocycles. The molecule has 3 nitrogen and oxygen atoms in total. The van der Waals surface area contributed by atoms with Crippen molar-refractivity contribution in [2.24, 2.45) is 5.73 Å². The molecule has 4 heteroatoms. The average molecular weight is 199 g/mol. The van der Waals surface area contributed by atoms with Gasteiger partial charge in [-0.15, -0.1) is 0 Å². The van der Waals surface area contributed by atoms with Crippen molar-refractivity contribution in [2.45, 2.75) is 25.8 Å². The summed E-state index contributed by atoms with van der Waals surface area (Å²) in [5.41, 5.74) is 5.12. The van der Waals surface area contributed by atoms with Crippen LogP contribution in [0.5, 0.6) is 11.5 Å². The Hall–Kier alpha value is -1.29. The Morgan fingerprint density at radius 3 is 2.29 bits per heavy atom. The SMILES string of the molecule is CC(C)(N)Cc1c(O)ccc(O)c1F. The standard InChI is InChI=1S/C10H14FNO2/c1-10(2,12)5-6-7(13)3-4-8(14)9(6)11/h3-4,13-14H,5,12H2,1-2H3. The second-order valence-electron chi connectivity index (χ2n) is 4.06. The van der Waals surface area contributed by atoms with E-state index in [1.54, 1.807) is 13.8 Å². The fourth-order valence-corrected chi connectivity index (χ4v) is 1.22. The first kappa shape index (κ1) is 10.8. The topological polar surface area (TPSA) is 66.5 Å². The fourth-order valence-electron chi connectivity index (χ4n) is 1.22. The molecule has 0 aromatic heterocycles. The molecule has 0 aliphatic carbocycles. The molecule has 0 fully saturated rings. The van der Waals surface area contributed by atoms with E-state index in [1.807, 2.05) is 0 Å². The van der Waals surface area contributed by atoms with Gasteiger partial charge in [-0.3, -0.25) is 0 Å². The third-order valence-electron chi connectivity index (χ3n) is 1.83. The van der Waals surface area contributed by atoms with Gasteiger partial charge >= 0.3 is 0 Å². The van der Waals surface area contributed by atoms with Gasteiger partial charge in [-0.05, 0) is 32.4 Å². The normalized spacial score (nSPS) is 11.7. The minimum Gasteiger partial charge on any atom is -0.508 e. The van der Waals surface area contributed by atoms with Crippen LogP contribution in [0.2, 0.25) is 0 Å². The first-order valence-electron chi connectivity index (χ1n) is 4.29. The Labute approximate surface area is 82.0 Å². The molecule has 0 amide bonds. The maximum Gasteiger partial charge on any atom is 0.171 e. The molecule has 14 heavy (non-hydrogen) atoms. The lowest BCUT2D eigenvalue weighted by Gasteiger charge is -2.19. The highest BCUT2D eigenvalue weighted by molar-refractivity contribution is 5.41. The van der Waals surface area contributed by atoms with Crippen LogP contribution < -0.4 is 5.73 Å². The summed E-state index contributed by atoms with van der Waals surface area (Å²) in [4.78, 5) is 0. The maximum atomic E-state index is 13.3. The molecule has 0 radical (unpaired) electrons. The van der Waals surface area contributed by atoms with Gasteiger partial charge in [0, 0.05) is 11.1 Å². The van der Waals surface area contributed by atoms with E-state index in [1.165, 1.54) is 6.07 Å². The summed E-state index contributed by atoms with van der Waals surface area (Å²) in [7, 11) is 0. The zero-order chi connectivity index (χ0) is 10.9. The van der Waals surface area contributed by atoms with Crippen molar-refractivity contribution in [3.63, 3.8) is 0 Å². The molecule has 0 spiro atoms.